The summed E-state index contributed by atoms with van der Waals surface area (Å²) in [6, 6.07) is 10.4. The first-order valence-electron chi connectivity index (χ1n) is 10.9. The van der Waals surface area contributed by atoms with Crippen molar-refractivity contribution in [1.82, 2.24) is 0 Å². The van der Waals surface area contributed by atoms with E-state index < -0.39 is 62.2 Å². The molecule has 2 N–H and O–H groups in total. The molecule has 0 bridgehead atoms. The molecule has 4 rings (SSSR count). The Kier molecular flexibility index (Phi) is 14.3. The minimum Gasteiger partial charge on any atom is -0.871 e. The molecular formula is C23H15N4Na3O11S3. The van der Waals surface area contributed by atoms with Crippen molar-refractivity contribution in [2.45, 2.75) is 21.6 Å². The summed E-state index contributed by atoms with van der Waals surface area (Å²) in [6.07, 6.45) is 0. The number of benzene rings is 4. The van der Waals surface area contributed by atoms with Crippen LogP contribution in [0.2, 0.25) is 0 Å². The van der Waals surface area contributed by atoms with E-state index in [1.54, 1.807) is 0 Å². The molecule has 0 unspecified atom stereocenters. The minimum atomic E-state index is -4.97. The fourth-order valence-electron chi connectivity index (χ4n) is 3.54. The van der Waals surface area contributed by atoms with E-state index in [-0.39, 0.29) is 122 Å². The average molecular weight is 689 g/mol. The molecule has 0 aliphatic heterocycles. The van der Waals surface area contributed by atoms with Gasteiger partial charge in [0.2, 0.25) is 0 Å². The van der Waals surface area contributed by atoms with Crippen LogP contribution in [0.4, 0.5) is 22.7 Å². The molecular weight excluding hydrogens is 673 g/mol. The van der Waals surface area contributed by atoms with Gasteiger partial charge in [-0.15, -0.1) is 0 Å². The Morgan fingerprint density at radius 2 is 1.27 bits per heavy atom. The zero-order chi connectivity index (χ0) is 30.3. The van der Waals surface area contributed by atoms with Crippen molar-refractivity contribution in [3.63, 3.8) is 0 Å². The van der Waals surface area contributed by atoms with Crippen LogP contribution in [-0.2, 0) is 30.4 Å². The molecule has 0 saturated heterocycles. The standard InChI is InChI=1S/C23H18N4O11S3.3Na/c1-12-8-15(39(30,31)32)4-5-18(12)25-26-19-6-7-20(28)22(23(19)29)27-24-14-3-2-13-9-16(40(33,34)35)11-21(17(13)10-14)41(36,37)38;;;/h2-11,28-29H,1H3,(H,30,31,32)(H,33,34,35)(H,36,37,38);;;/q;3*+1/p-3. The molecule has 0 heterocycles. The summed E-state index contributed by atoms with van der Waals surface area (Å²) in [4.78, 5) is -2.12. The van der Waals surface area contributed by atoms with Gasteiger partial charge in [-0.05, 0) is 66.4 Å². The van der Waals surface area contributed by atoms with Crippen LogP contribution >= 0.6 is 0 Å². The van der Waals surface area contributed by atoms with Crippen LogP contribution in [-0.4, -0.2) is 38.9 Å². The molecule has 0 atom stereocenters. The predicted molar refractivity (Wildman–Crippen MR) is 136 cm³/mol. The molecule has 15 nitrogen and oxygen atoms in total. The largest absolute Gasteiger partial charge is 1.00 e. The SMILES string of the molecule is Cc1cc(S(=O)(=O)[O-])ccc1N=Nc1ccc([O-])c(N=Nc2ccc3cc(S(=O)(=O)O)cc(S(=O)(=O)O)c3c2)c1[O-].[Na+].[Na+].[Na+]. The van der Waals surface area contributed by atoms with Crippen LogP contribution in [0.3, 0.4) is 0 Å². The molecule has 0 spiro atoms. The third-order valence-corrected chi connectivity index (χ3v) is 8.07. The summed E-state index contributed by atoms with van der Waals surface area (Å²) in [7, 11) is -14.5. The summed E-state index contributed by atoms with van der Waals surface area (Å²) >= 11 is 0. The summed E-state index contributed by atoms with van der Waals surface area (Å²) in [5, 5.41) is 39.9. The van der Waals surface area contributed by atoms with E-state index in [1.807, 2.05) is 0 Å². The Bertz CT molecular complexity index is 2130. The van der Waals surface area contributed by atoms with Crippen molar-refractivity contribution in [1.29, 1.82) is 0 Å². The van der Waals surface area contributed by atoms with Crippen LogP contribution < -0.4 is 98.9 Å². The normalized spacial score (nSPS) is 12.1. The molecule has 0 aliphatic rings. The van der Waals surface area contributed by atoms with Crippen molar-refractivity contribution in [3.8, 4) is 11.5 Å². The number of rotatable bonds is 7. The van der Waals surface area contributed by atoms with E-state index in [9.17, 15) is 49.1 Å². The number of nitrogens with zero attached hydrogens (tertiary/aromatic N) is 4. The van der Waals surface area contributed by atoms with Crippen molar-refractivity contribution in [2.75, 3.05) is 0 Å². The number of azo groups is 2. The zero-order valence-electron chi connectivity index (χ0n) is 23.4. The molecule has 0 aromatic heterocycles. The number of fused-ring (bicyclic) bond motifs is 1. The van der Waals surface area contributed by atoms with Gasteiger partial charge in [-0.25, -0.2) is 8.42 Å². The number of aryl methyl sites for hydroxylation is 1. The van der Waals surface area contributed by atoms with E-state index in [4.69, 9.17) is 0 Å². The van der Waals surface area contributed by atoms with E-state index in [1.165, 1.54) is 25.1 Å². The third-order valence-electron chi connectivity index (χ3n) is 5.51. The van der Waals surface area contributed by atoms with Crippen molar-refractivity contribution >= 4 is 63.9 Å². The van der Waals surface area contributed by atoms with Gasteiger partial charge in [-0.1, -0.05) is 23.6 Å². The molecule has 44 heavy (non-hydrogen) atoms. The van der Waals surface area contributed by atoms with E-state index in [2.05, 4.69) is 20.5 Å². The molecule has 4 aromatic rings. The first-order valence-corrected chi connectivity index (χ1v) is 15.2. The van der Waals surface area contributed by atoms with Gasteiger partial charge in [-0.2, -0.15) is 37.3 Å². The molecule has 0 radical (unpaired) electrons. The summed E-state index contributed by atoms with van der Waals surface area (Å²) in [6.45, 7) is 1.46. The summed E-state index contributed by atoms with van der Waals surface area (Å²) in [5.41, 5.74) is -0.708. The zero-order valence-corrected chi connectivity index (χ0v) is 31.8. The van der Waals surface area contributed by atoms with Gasteiger partial charge >= 0.3 is 88.7 Å². The van der Waals surface area contributed by atoms with Gasteiger partial charge in [0.25, 0.3) is 20.2 Å². The minimum absolute atomic E-state index is 0. The van der Waals surface area contributed by atoms with E-state index >= 15 is 0 Å². The molecule has 0 saturated carbocycles. The van der Waals surface area contributed by atoms with Gasteiger partial charge in [0.15, 0.2) is 0 Å². The van der Waals surface area contributed by atoms with Crippen LogP contribution in [0.5, 0.6) is 11.5 Å². The smallest absolute Gasteiger partial charge is 0.871 e. The Balaban J connectivity index is 0.00000323. The van der Waals surface area contributed by atoms with Crippen molar-refractivity contribution in [3.05, 3.63) is 66.2 Å². The molecule has 4 aromatic carbocycles. The Labute approximate surface area is 317 Å². The van der Waals surface area contributed by atoms with Gasteiger partial charge in [0.1, 0.15) is 15.0 Å². The fourth-order valence-corrected chi connectivity index (χ4v) is 5.44. The maximum atomic E-state index is 12.8. The molecule has 214 valence electrons. The fraction of sp³-hybridized carbons (Fsp3) is 0.0435. The second kappa shape index (κ2) is 15.5. The molecule has 0 amide bonds. The monoisotopic (exact) mass is 688 g/mol. The summed E-state index contributed by atoms with van der Waals surface area (Å²) in [5.74, 6) is -1.81. The van der Waals surface area contributed by atoms with E-state index in [0.717, 1.165) is 36.4 Å². The molecule has 0 aliphatic carbocycles. The second-order valence-corrected chi connectivity index (χ2v) is 12.5. The van der Waals surface area contributed by atoms with Crippen LogP contribution in [0.15, 0.2) is 95.8 Å². The molecule has 21 heteroatoms. The maximum absolute atomic E-state index is 12.8. The second-order valence-electron chi connectivity index (χ2n) is 8.34. The topological polar surface area (TPSA) is 261 Å². The quantitative estimate of drug-likeness (QED) is 0.105. The van der Waals surface area contributed by atoms with Gasteiger partial charge in [0, 0.05) is 5.39 Å². The molecule has 0 fully saturated rings. The summed E-state index contributed by atoms with van der Waals surface area (Å²) < 4.78 is 99.1. The number of hydrogen-bond donors (Lipinski definition) is 2. The Morgan fingerprint density at radius 1 is 0.659 bits per heavy atom. The van der Waals surface area contributed by atoms with Gasteiger partial charge in [0.05, 0.1) is 32.5 Å². The number of hydrogen-bond acceptors (Lipinski definition) is 13. The Hall–Kier alpha value is -1.33. The van der Waals surface area contributed by atoms with Gasteiger partial charge in [-0.3, -0.25) is 9.11 Å². The van der Waals surface area contributed by atoms with E-state index in [0.29, 0.717) is 6.07 Å². The van der Waals surface area contributed by atoms with Crippen LogP contribution in [0, 0.1) is 6.92 Å². The first kappa shape index (κ1) is 40.7. The predicted octanol–water partition coefficient (Wildman–Crippen LogP) is -5.46. The average Bonchev–Trinajstić information content (AvgIpc) is 2.86. The third kappa shape index (κ3) is 9.60. The van der Waals surface area contributed by atoms with Crippen molar-refractivity contribution in [2.24, 2.45) is 20.5 Å². The Morgan fingerprint density at radius 3 is 1.84 bits per heavy atom. The van der Waals surface area contributed by atoms with Crippen LogP contribution in [0.1, 0.15) is 5.56 Å². The van der Waals surface area contributed by atoms with Gasteiger partial charge < -0.3 is 14.8 Å². The first-order chi connectivity index (χ1) is 18.9. The van der Waals surface area contributed by atoms with Crippen molar-refractivity contribution < 1.29 is 138 Å². The van der Waals surface area contributed by atoms with Crippen LogP contribution in [0.25, 0.3) is 10.8 Å². The maximum Gasteiger partial charge on any atom is 1.00 e.